The van der Waals surface area contributed by atoms with Gasteiger partial charge in [-0.3, -0.25) is 4.79 Å². The van der Waals surface area contributed by atoms with Crippen molar-refractivity contribution in [2.24, 2.45) is 0 Å². The molecule has 1 aromatic carbocycles. The minimum atomic E-state index is -1.42. The van der Waals surface area contributed by atoms with Crippen LogP contribution in [-0.2, 0) is 11.3 Å². The Balaban J connectivity index is 2.38. The highest BCUT2D eigenvalue weighted by molar-refractivity contribution is 14.1. The van der Waals surface area contributed by atoms with E-state index >= 15 is 0 Å². The Kier molecular flexibility index (Phi) is 4.54. The van der Waals surface area contributed by atoms with Crippen LogP contribution in [0.15, 0.2) is 50.9 Å². The lowest BCUT2D eigenvalue weighted by Crippen LogP contribution is -2.30. The van der Waals surface area contributed by atoms with Crippen molar-refractivity contribution >= 4 is 36.6 Å². The Morgan fingerprint density at radius 3 is 2.35 bits per heavy atom. The molecule has 2 rings (SSSR count). The van der Waals surface area contributed by atoms with Crippen LogP contribution >= 0.6 is 22.6 Å². The van der Waals surface area contributed by atoms with Crippen molar-refractivity contribution in [2.75, 3.05) is 0 Å². The van der Waals surface area contributed by atoms with E-state index in [-0.39, 0.29) is 5.91 Å². The largest absolute Gasteiger partial charge is 0.304 e. The van der Waals surface area contributed by atoms with Gasteiger partial charge in [0.25, 0.3) is 5.91 Å². The molecule has 1 amide bonds. The van der Waals surface area contributed by atoms with Crippen LogP contribution < -0.4 is 0 Å². The van der Waals surface area contributed by atoms with E-state index in [1.54, 1.807) is 0 Å². The molecule has 0 atom stereocenters. The predicted molar refractivity (Wildman–Crippen MR) is 95.1 cm³/mol. The molecule has 2 nitrogen and oxygen atoms in total. The van der Waals surface area contributed by atoms with Crippen molar-refractivity contribution in [3.8, 4) is 0 Å². The topological polar surface area (TPSA) is 20.3 Å². The van der Waals surface area contributed by atoms with Gasteiger partial charge in [0.15, 0.2) is 0 Å². The first kappa shape index (κ1) is 15.5. The maximum atomic E-state index is 12.4. The molecule has 0 saturated carbocycles. The Hall–Kier alpha value is -0.883. The molecule has 0 unspecified atom stereocenters. The first-order valence-corrected chi connectivity index (χ1v) is 11.3. The number of amides is 1. The number of benzene rings is 1. The molecular weight excluding hydrogens is 377 g/mol. The van der Waals surface area contributed by atoms with Crippen LogP contribution in [0.1, 0.15) is 12.5 Å². The number of halogens is 1. The number of carbonyl (C=O) groups is 1. The molecule has 0 spiro atoms. The summed E-state index contributed by atoms with van der Waals surface area (Å²) in [5.41, 5.74) is 3.11. The second-order valence-corrected chi connectivity index (χ2v) is 13.2. The molecule has 0 aliphatic carbocycles. The fourth-order valence-corrected chi connectivity index (χ4v) is 3.58. The SMILES string of the molecule is CC1=C/C(=C(\I)[Si](C)(C)C)N(Cc2ccccc2)C1=O. The van der Waals surface area contributed by atoms with Crippen LogP contribution in [0.25, 0.3) is 0 Å². The molecule has 1 aliphatic rings. The summed E-state index contributed by atoms with van der Waals surface area (Å²) >= 11 is 2.43. The number of allylic oxidation sites excluding steroid dienone is 1. The van der Waals surface area contributed by atoms with E-state index in [1.807, 2.05) is 36.1 Å². The smallest absolute Gasteiger partial charge is 0.254 e. The monoisotopic (exact) mass is 397 g/mol. The van der Waals surface area contributed by atoms with Crippen LogP contribution in [-0.4, -0.2) is 18.9 Å². The zero-order valence-corrected chi connectivity index (χ0v) is 15.6. The number of nitrogens with zero attached hydrogens (tertiary/aromatic N) is 1. The minimum Gasteiger partial charge on any atom is -0.304 e. The highest BCUT2D eigenvalue weighted by Gasteiger charge is 2.31. The van der Waals surface area contributed by atoms with Crippen LogP contribution in [0.5, 0.6) is 0 Å². The van der Waals surface area contributed by atoms with Crippen LogP contribution in [0.2, 0.25) is 19.6 Å². The average Bonchev–Trinajstić information content (AvgIpc) is 2.66. The molecule has 0 bridgehead atoms. The lowest BCUT2D eigenvalue weighted by Gasteiger charge is -2.25. The summed E-state index contributed by atoms with van der Waals surface area (Å²) in [7, 11) is -1.42. The molecule has 4 heteroatoms. The van der Waals surface area contributed by atoms with Crippen molar-refractivity contribution in [1.29, 1.82) is 0 Å². The van der Waals surface area contributed by atoms with Gasteiger partial charge in [-0.2, -0.15) is 0 Å². The number of rotatable bonds is 3. The molecule has 1 heterocycles. The van der Waals surface area contributed by atoms with E-state index in [2.05, 4.69) is 54.4 Å². The Morgan fingerprint density at radius 1 is 1.20 bits per heavy atom. The summed E-state index contributed by atoms with van der Waals surface area (Å²) < 4.78 is 1.36. The molecule has 20 heavy (non-hydrogen) atoms. The van der Waals surface area contributed by atoms with E-state index in [0.717, 1.165) is 11.3 Å². The van der Waals surface area contributed by atoms with Gasteiger partial charge < -0.3 is 4.90 Å². The van der Waals surface area contributed by atoms with E-state index in [1.165, 1.54) is 8.77 Å². The van der Waals surface area contributed by atoms with Crippen molar-refractivity contribution in [1.82, 2.24) is 4.90 Å². The lowest BCUT2D eigenvalue weighted by molar-refractivity contribution is -0.124. The van der Waals surface area contributed by atoms with Gasteiger partial charge in [-0.15, -0.1) is 0 Å². The summed E-state index contributed by atoms with van der Waals surface area (Å²) in [6, 6.07) is 10.2. The number of carbonyl (C=O) groups excluding carboxylic acids is 1. The molecule has 0 N–H and O–H groups in total. The zero-order valence-electron chi connectivity index (χ0n) is 12.4. The van der Waals surface area contributed by atoms with Crippen molar-refractivity contribution in [2.45, 2.75) is 33.1 Å². The van der Waals surface area contributed by atoms with Crippen LogP contribution in [0.3, 0.4) is 0 Å². The summed E-state index contributed by atoms with van der Waals surface area (Å²) in [5.74, 6) is 0.135. The number of hydrogen-bond donors (Lipinski definition) is 0. The fourth-order valence-electron chi connectivity index (χ4n) is 2.16. The lowest BCUT2D eigenvalue weighted by atomic mass is 10.2. The van der Waals surface area contributed by atoms with Gasteiger partial charge in [0.2, 0.25) is 0 Å². The molecule has 1 aromatic rings. The first-order valence-electron chi connectivity index (χ1n) is 6.75. The summed E-state index contributed by atoms with van der Waals surface area (Å²) in [4.78, 5) is 14.3. The Labute approximate surface area is 135 Å². The predicted octanol–water partition coefficient (Wildman–Crippen LogP) is 4.50. The maximum absolute atomic E-state index is 12.4. The van der Waals surface area contributed by atoms with E-state index in [4.69, 9.17) is 0 Å². The second-order valence-electron chi connectivity index (χ2n) is 6.15. The molecule has 0 saturated heterocycles. The second kappa shape index (κ2) is 5.85. The highest BCUT2D eigenvalue weighted by Crippen LogP contribution is 2.33. The first-order chi connectivity index (χ1) is 9.30. The van der Waals surface area contributed by atoms with Crippen LogP contribution in [0.4, 0.5) is 0 Å². The Morgan fingerprint density at radius 2 is 1.80 bits per heavy atom. The van der Waals surface area contributed by atoms with Crippen molar-refractivity contribution in [3.63, 3.8) is 0 Å². The van der Waals surface area contributed by atoms with Gasteiger partial charge in [0.05, 0.1) is 14.6 Å². The molecule has 0 fully saturated rings. The molecular formula is C16H20INOSi. The third-order valence-electron chi connectivity index (χ3n) is 3.29. The quantitative estimate of drug-likeness (QED) is 0.543. The maximum Gasteiger partial charge on any atom is 0.254 e. The minimum absolute atomic E-state index is 0.135. The van der Waals surface area contributed by atoms with E-state index < -0.39 is 8.07 Å². The van der Waals surface area contributed by atoms with Gasteiger partial charge in [0, 0.05) is 14.5 Å². The third-order valence-corrected chi connectivity index (χ3v) is 10.3. The fraction of sp³-hybridized carbons (Fsp3) is 0.312. The average molecular weight is 397 g/mol. The van der Waals surface area contributed by atoms with Crippen LogP contribution in [0, 0.1) is 0 Å². The molecule has 106 valence electrons. The Bertz CT molecular complexity index is 584. The highest BCUT2D eigenvalue weighted by atomic mass is 127. The molecule has 0 aromatic heterocycles. The van der Waals surface area contributed by atoms with E-state index in [0.29, 0.717) is 6.54 Å². The summed E-state index contributed by atoms with van der Waals surface area (Å²) in [5, 5.41) is 0. The standard InChI is InChI=1S/C16H20INOSi/c1-12-10-14(15(17)20(2,3)4)18(16(12)19)11-13-8-6-5-7-9-13/h5-10H,11H2,1-4H3/b15-14-. The van der Waals surface area contributed by atoms with Gasteiger partial charge in [0.1, 0.15) is 0 Å². The van der Waals surface area contributed by atoms with Gasteiger partial charge in [-0.1, -0.05) is 72.6 Å². The van der Waals surface area contributed by atoms with Gasteiger partial charge >= 0.3 is 0 Å². The number of hydrogen-bond acceptors (Lipinski definition) is 1. The van der Waals surface area contributed by atoms with E-state index in [9.17, 15) is 4.79 Å². The zero-order chi connectivity index (χ0) is 14.9. The van der Waals surface area contributed by atoms with Crippen molar-refractivity contribution < 1.29 is 4.79 Å². The third kappa shape index (κ3) is 3.23. The summed E-state index contributed by atoms with van der Waals surface area (Å²) in [6.07, 6.45) is 2.05. The summed E-state index contributed by atoms with van der Waals surface area (Å²) in [6.45, 7) is 9.50. The molecule has 1 aliphatic heterocycles. The molecule has 0 radical (unpaired) electrons. The van der Waals surface area contributed by atoms with Gasteiger partial charge in [-0.05, 0) is 18.6 Å². The van der Waals surface area contributed by atoms with Gasteiger partial charge in [-0.25, -0.2) is 0 Å². The van der Waals surface area contributed by atoms with Crippen molar-refractivity contribution in [3.05, 3.63) is 56.4 Å². The normalized spacial score (nSPS) is 18.4.